The fraction of sp³-hybridized carbons (Fsp3) is 0.158. The third-order valence-electron chi connectivity index (χ3n) is 4.32. The van der Waals surface area contributed by atoms with Crippen LogP contribution in [-0.2, 0) is 4.79 Å². The quantitative estimate of drug-likeness (QED) is 0.805. The molecule has 1 amide bonds. The molecular formula is C19H17N3O2. The Bertz CT molecular complexity index is 887. The van der Waals surface area contributed by atoms with Gasteiger partial charge in [-0.05, 0) is 29.8 Å². The average molecular weight is 319 g/mol. The zero-order valence-electron chi connectivity index (χ0n) is 13.3. The zero-order valence-corrected chi connectivity index (χ0v) is 13.3. The number of carbonyl (C=O) groups is 1. The van der Waals surface area contributed by atoms with Crippen LogP contribution in [-0.4, -0.2) is 22.8 Å². The lowest BCUT2D eigenvalue weighted by molar-refractivity contribution is -0.116. The van der Waals surface area contributed by atoms with Gasteiger partial charge in [-0.15, -0.1) is 0 Å². The lowest BCUT2D eigenvalue weighted by Crippen LogP contribution is -2.24. The molecule has 0 aliphatic carbocycles. The maximum atomic E-state index is 12.3. The van der Waals surface area contributed by atoms with Crippen molar-refractivity contribution in [2.75, 3.05) is 12.4 Å². The van der Waals surface area contributed by atoms with Crippen molar-refractivity contribution in [2.24, 2.45) is 0 Å². The van der Waals surface area contributed by atoms with E-state index in [1.165, 1.54) is 0 Å². The van der Waals surface area contributed by atoms with Crippen LogP contribution < -0.4 is 10.1 Å². The molecule has 0 saturated heterocycles. The molecule has 1 atom stereocenters. The van der Waals surface area contributed by atoms with Gasteiger partial charge in [-0.1, -0.05) is 30.3 Å². The highest BCUT2D eigenvalue weighted by Crippen LogP contribution is 2.38. The summed E-state index contributed by atoms with van der Waals surface area (Å²) in [5.74, 6) is 1.50. The first kappa shape index (κ1) is 14.5. The second kappa shape index (κ2) is 5.85. The number of hydrogen-bond acceptors (Lipinski definition) is 3. The molecule has 1 aliphatic rings. The molecule has 1 N–H and O–H groups in total. The molecular weight excluding hydrogens is 302 g/mol. The number of anilines is 1. The maximum absolute atomic E-state index is 12.3. The van der Waals surface area contributed by atoms with Crippen LogP contribution in [0.25, 0.3) is 5.69 Å². The lowest BCUT2D eigenvalue weighted by Gasteiger charge is -2.24. The number of para-hydroxylation sites is 1. The number of nitrogens with zero attached hydrogens (tertiary/aromatic N) is 2. The van der Waals surface area contributed by atoms with Crippen LogP contribution in [0.3, 0.4) is 0 Å². The Kier molecular flexibility index (Phi) is 3.54. The van der Waals surface area contributed by atoms with Gasteiger partial charge in [0.25, 0.3) is 0 Å². The Hall–Kier alpha value is -3.08. The van der Waals surface area contributed by atoms with Gasteiger partial charge in [-0.3, -0.25) is 4.79 Å². The smallest absolute Gasteiger partial charge is 0.226 e. The molecule has 120 valence electrons. The lowest BCUT2D eigenvalue weighted by atomic mass is 9.87. The second-order valence-electron chi connectivity index (χ2n) is 5.78. The molecule has 0 unspecified atom stereocenters. The summed E-state index contributed by atoms with van der Waals surface area (Å²) in [6.07, 6.45) is 2.24. The molecule has 24 heavy (non-hydrogen) atoms. The maximum Gasteiger partial charge on any atom is 0.226 e. The van der Waals surface area contributed by atoms with Crippen LogP contribution in [0.4, 0.5) is 5.82 Å². The van der Waals surface area contributed by atoms with E-state index in [0.717, 1.165) is 28.4 Å². The van der Waals surface area contributed by atoms with Gasteiger partial charge >= 0.3 is 0 Å². The van der Waals surface area contributed by atoms with E-state index < -0.39 is 0 Å². The summed E-state index contributed by atoms with van der Waals surface area (Å²) < 4.78 is 7.09. The van der Waals surface area contributed by atoms with Crippen molar-refractivity contribution >= 4 is 11.7 Å². The number of benzene rings is 2. The first-order valence-corrected chi connectivity index (χ1v) is 7.83. The molecule has 0 saturated carbocycles. The van der Waals surface area contributed by atoms with Crippen molar-refractivity contribution in [1.82, 2.24) is 9.78 Å². The molecule has 0 fully saturated rings. The Morgan fingerprint density at radius 2 is 2.00 bits per heavy atom. The molecule has 1 aliphatic heterocycles. The average Bonchev–Trinajstić information content (AvgIpc) is 3.05. The Morgan fingerprint density at radius 1 is 1.17 bits per heavy atom. The molecule has 0 spiro atoms. The van der Waals surface area contributed by atoms with Crippen LogP contribution in [0.1, 0.15) is 23.5 Å². The van der Waals surface area contributed by atoms with E-state index in [-0.39, 0.29) is 11.8 Å². The highest BCUT2D eigenvalue weighted by Gasteiger charge is 2.30. The first-order chi connectivity index (χ1) is 11.8. The van der Waals surface area contributed by atoms with Gasteiger partial charge < -0.3 is 10.1 Å². The summed E-state index contributed by atoms with van der Waals surface area (Å²) in [5, 5.41) is 7.46. The number of nitrogens with one attached hydrogen (secondary N) is 1. The molecule has 3 aromatic rings. The fourth-order valence-electron chi connectivity index (χ4n) is 3.14. The standard InChI is InChI=1S/C19H17N3O2/c1-24-15-9-5-6-13(10-15)16-11-18(23)21-19-17(16)12-20-22(19)14-7-3-2-4-8-14/h2-10,12,16H,11H2,1H3,(H,21,23)/t16-/m1/s1. The topological polar surface area (TPSA) is 56.1 Å². The summed E-state index contributed by atoms with van der Waals surface area (Å²) in [6, 6.07) is 17.6. The number of amides is 1. The van der Waals surface area contributed by atoms with Crippen LogP contribution >= 0.6 is 0 Å². The van der Waals surface area contributed by atoms with Crippen LogP contribution in [0.5, 0.6) is 5.75 Å². The Balaban J connectivity index is 1.81. The van der Waals surface area contributed by atoms with Crippen LogP contribution in [0, 0.1) is 0 Å². The summed E-state index contributed by atoms with van der Waals surface area (Å²) in [5.41, 5.74) is 3.00. The molecule has 2 heterocycles. The minimum atomic E-state index is -0.0266. The number of rotatable bonds is 3. The number of methoxy groups -OCH3 is 1. The largest absolute Gasteiger partial charge is 0.497 e. The van der Waals surface area contributed by atoms with Gasteiger partial charge in [0.2, 0.25) is 5.91 Å². The third-order valence-corrected chi connectivity index (χ3v) is 4.32. The van der Waals surface area contributed by atoms with Crippen LogP contribution in [0.2, 0.25) is 0 Å². The van der Waals surface area contributed by atoms with Crippen LogP contribution in [0.15, 0.2) is 60.8 Å². The molecule has 5 heteroatoms. The summed E-state index contributed by atoms with van der Waals surface area (Å²) in [7, 11) is 1.64. The minimum Gasteiger partial charge on any atom is -0.497 e. The predicted molar refractivity (Wildman–Crippen MR) is 91.6 cm³/mol. The number of fused-ring (bicyclic) bond motifs is 1. The first-order valence-electron chi connectivity index (χ1n) is 7.83. The number of hydrogen-bond donors (Lipinski definition) is 1. The normalized spacial score (nSPS) is 16.4. The number of carbonyl (C=O) groups excluding carboxylic acids is 1. The zero-order chi connectivity index (χ0) is 16.5. The van der Waals surface area contributed by atoms with E-state index in [1.807, 2.05) is 60.8 Å². The van der Waals surface area contributed by atoms with Crippen molar-refractivity contribution in [1.29, 1.82) is 0 Å². The van der Waals surface area contributed by atoms with E-state index in [2.05, 4.69) is 10.4 Å². The van der Waals surface area contributed by atoms with E-state index in [9.17, 15) is 4.79 Å². The minimum absolute atomic E-state index is 0.00648. The van der Waals surface area contributed by atoms with E-state index in [0.29, 0.717) is 6.42 Å². The van der Waals surface area contributed by atoms with Crippen molar-refractivity contribution in [2.45, 2.75) is 12.3 Å². The van der Waals surface area contributed by atoms with Gasteiger partial charge in [0, 0.05) is 17.9 Å². The predicted octanol–water partition coefficient (Wildman–Crippen LogP) is 3.36. The van der Waals surface area contributed by atoms with Crippen molar-refractivity contribution in [3.8, 4) is 11.4 Å². The van der Waals surface area contributed by atoms with Gasteiger partial charge in [0.15, 0.2) is 0 Å². The Morgan fingerprint density at radius 3 is 2.79 bits per heavy atom. The molecule has 0 radical (unpaired) electrons. The number of ether oxygens (including phenoxy) is 1. The van der Waals surface area contributed by atoms with E-state index in [4.69, 9.17) is 4.74 Å². The molecule has 5 nitrogen and oxygen atoms in total. The van der Waals surface area contributed by atoms with Crippen molar-refractivity contribution in [3.63, 3.8) is 0 Å². The third kappa shape index (κ3) is 2.44. The SMILES string of the molecule is COc1cccc([C@H]2CC(=O)Nc3c2cnn3-c2ccccc2)c1. The van der Waals surface area contributed by atoms with Crippen molar-refractivity contribution < 1.29 is 9.53 Å². The van der Waals surface area contributed by atoms with Gasteiger partial charge in [0.1, 0.15) is 11.6 Å². The molecule has 1 aromatic heterocycles. The summed E-state index contributed by atoms with van der Waals surface area (Å²) >= 11 is 0. The molecule has 0 bridgehead atoms. The summed E-state index contributed by atoms with van der Waals surface area (Å²) in [4.78, 5) is 12.3. The monoisotopic (exact) mass is 319 g/mol. The van der Waals surface area contributed by atoms with Crippen molar-refractivity contribution in [3.05, 3.63) is 71.9 Å². The number of aromatic nitrogens is 2. The Labute approximate surface area is 139 Å². The second-order valence-corrected chi connectivity index (χ2v) is 5.78. The highest BCUT2D eigenvalue weighted by atomic mass is 16.5. The fourth-order valence-corrected chi connectivity index (χ4v) is 3.14. The van der Waals surface area contributed by atoms with Gasteiger partial charge in [-0.25, -0.2) is 4.68 Å². The van der Waals surface area contributed by atoms with E-state index >= 15 is 0 Å². The van der Waals surface area contributed by atoms with Gasteiger partial charge in [0.05, 0.1) is 19.0 Å². The molecule has 2 aromatic carbocycles. The van der Waals surface area contributed by atoms with E-state index in [1.54, 1.807) is 11.8 Å². The van der Waals surface area contributed by atoms with Gasteiger partial charge in [-0.2, -0.15) is 5.10 Å². The summed E-state index contributed by atoms with van der Waals surface area (Å²) in [6.45, 7) is 0. The molecule has 4 rings (SSSR count). The highest BCUT2D eigenvalue weighted by molar-refractivity contribution is 5.94.